The van der Waals surface area contributed by atoms with Gasteiger partial charge < -0.3 is 15.4 Å². The summed E-state index contributed by atoms with van der Waals surface area (Å²) in [7, 11) is 3.51. The second-order valence-corrected chi connectivity index (χ2v) is 4.36. The van der Waals surface area contributed by atoms with Gasteiger partial charge in [0.1, 0.15) is 0 Å². The zero-order valence-electron chi connectivity index (χ0n) is 11.0. The van der Waals surface area contributed by atoms with E-state index in [1.54, 1.807) is 14.2 Å². The zero-order valence-corrected chi connectivity index (χ0v) is 13.3. The van der Waals surface area contributed by atoms with Gasteiger partial charge in [-0.1, -0.05) is 25.7 Å². The molecule has 0 aromatic carbocycles. The van der Waals surface area contributed by atoms with E-state index in [0.29, 0.717) is 6.61 Å². The maximum Gasteiger partial charge on any atom is 0.191 e. The van der Waals surface area contributed by atoms with Crippen molar-refractivity contribution in [2.24, 2.45) is 10.9 Å². The van der Waals surface area contributed by atoms with E-state index in [0.717, 1.165) is 25.0 Å². The van der Waals surface area contributed by atoms with Crippen molar-refractivity contribution < 1.29 is 4.74 Å². The van der Waals surface area contributed by atoms with Crippen LogP contribution in [0.4, 0.5) is 0 Å². The average molecular weight is 355 g/mol. The van der Waals surface area contributed by atoms with Gasteiger partial charge in [-0.05, 0) is 12.3 Å². The number of rotatable bonds is 6. The van der Waals surface area contributed by atoms with Crippen molar-refractivity contribution in [3.63, 3.8) is 0 Å². The molecule has 102 valence electrons. The third kappa shape index (κ3) is 7.81. The monoisotopic (exact) mass is 355 g/mol. The number of nitrogens with one attached hydrogen (secondary N) is 2. The van der Waals surface area contributed by atoms with E-state index in [2.05, 4.69) is 15.6 Å². The lowest BCUT2D eigenvalue weighted by molar-refractivity contribution is 0.203. The first-order valence-electron chi connectivity index (χ1n) is 6.30. The first-order valence-corrected chi connectivity index (χ1v) is 6.30. The molecule has 0 aromatic rings. The van der Waals surface area contributed by atoms with Gasteiger partial charge in [-0.2, -0.15) is 0 Å². The highest BCUT2D eigenvalue weighted by Gasteiger charge is 2.14. The molecule has 5 heteroatoms. The fraction of sp³-hybridized carbons (Fsp3) is 0.917. The minimum absolute atomic E-state index is 0. The summed E-state index contributed by atoms with van der Waals surface area (Å²) < 4.78 is 4.98. The molecular weight excluding hydrogens is 329 g/mol. The van der Waals surface area contributed by atoms with Gasteiger partial charge in [-0.3, -0.25) is 4.99 Å². The van der Waals surface area contributed by atoms with Crippen LogP contribution in [0.1, 0.15) is 32.1 Å². The van der Waals surface area contributed by atoms with Crippen LogP contribution in [-0.4, -0.2) is 39.8 Å². The normalized spacial score (nSPS) is 16.7. The Morgan fingerprint density at radius 3 is 2.47 bits per heavy atom. The van der Waals surface area contributed by atoms with E-state index in [-0.39, 0.29) is 24.0 Å². The smallest absolute Gasteiger partial charge is 0.191 e. The molecule has 1 aliphatic rings. The number of aliphatic imine (C=N–C) groups is 1. The molecule has 0 bridgehead atoms. The minimum atomic E-state index is 0. The van der Waals surface area contributed by atoms with Gasteiger partial charge in [0, 0.05) is 27.2 Å². The third-order valence-corrected chi connectivity index (χ3v) is 3.14. The van der Waals surface area contributed by atoms with Crippen LogP contribution in [0.15, 0.2) is 4.99 Å². The molecule has 0 aromatic heterocycles. The number of methoxy groups -OCH3 is 1. The lowest BCUT2D eigenvalue weighted by Crippen LogP contribution is -2.39. The fourth-order valence-electron chi connectivity index (χ4n) is 2.19. The number of hydrogen-bond acceptors (Lipinski definition) is 2. The van der Waals surface area contributed by atoms with Crippen molar-refractivity contribution >= 4 is 29.9 Å². The summed E-state index contributed by atoms with van der Waals surface area (Å²) in [5, 5.41) is 6.55. The molecule has 1 rings (SSSR count). The molecule has 0 saturated heterocycles. The Kier molecular flexibility index (Phi) is 11.0. The molecule has 1 fully saturated rings. The van der Waals surface area contributed by atoms with Crippen LogP contribution in [-0.2, 0) is 4.74 Å². The summed E-state index contributed by atoms with van der Waals surface area (Å²) in [5.41, 5.74) is 0. The lowest BCUT2D eigenvalue weighted by Gasteiger charge is -2.13. The van der Waals surface area contributed by atoms with Crippen molar-refractivity contribution in [1.29, 1.82) is 0 Å². The van der Waals surface area contributed by atoms with E-state index in [1.807, 2.05) is 0 Å². The third-order valence-electron chi connectivity index (χ3n) is 3.14. The minimum Gasteiger partial charge on any atom is -0.383 e. The highest BCUT2D eigenvalue weighted by Crippen LogP contribution is 2.26. The maximum absolute atomic E-state index is 4.98. The van der Waals surface area contributed by atoms with Crippen LogP contribution in [0.2, 0.25) is 0 Å². The van der Waals surface area contributed by atoms with E-state index >= 15 is 0 Å². The summed E-state index contributed by atoms with van der Waals surface area (Å²) >= 11 is 0. The number of halogens is 1. The highest BCUT2D eigenvalue weighted by atomic mass is 127. The number of hydrogen-bond donors (Lipinski definition) is 2. The molecule has 1 saturated carbocycles. The van der Waals surface area contributed by atoms with Crippen molar-refractivity contribution in [2.75, 3.05) is 33.9 Å². The summed E-state index contributed by atoms with van der Waals surface area (Å²) in [5.74, 6) is 1.82. The standard InChI is InChI=1S/C12H25N3O.HI/c1-13-12(15-9-10-16-2)14-8-7-11-5-3-4-6-11;/h11H,3-10H2,1-2H3,(H2,13,14,15);1H. The van der Waals surface area contributed by atoms with E-state index < -0.39 is 0 Å². The number of nitrogens with zero attached hydrogens (tertiary/aromatic N) is 1. The van der Waals surface area contributed by atoms with E-state index in [4.69, 9.17) is 4.74 Å². The van der Waals surface area contributed by atoms with Crippen molar-refractivity contribution in [2.45, 2.75) is 32.1 Å². The molecule has 17 heavy (non-hydrogen) atoms. The zero-order chi connectivity index (χ0) is 11.6. The predicted octanol–water partition coefficient (Wildman–Crippen LogP) is 2.00. The van der Waals surface area contributed by atoms with Crippen molar-refractivity contribution in [1.82, 2.24) is 10.6 Å². The highest BCUT2D eigenvalue weighted by molar-refractivity contribution is 14.0. The Balaban J connectivity index is 0.00000256. The van der Waals surface area contributed by atoms with Crippen LogP contribution in [0.25, 0.3) is 0 Å². The van der Waals surface area contributed by atoms with Gasteiger partial charge in [0.15, 0.2) is 5.96 Å². The molecule has 0 spiro atoms. The van der Waals surface area contributed by atoms with Crippen LogP contribution in [0.5, 0.6) is 0 Å². The van der Waals surface area contributed by atoms with Gasteiger partial charge in [0.05, 0.1) is 6.61 Å². The van der Waals surface area contributed by atoms with Gasteiger partial charge in [-0.15, -0.1) is 24.0 Å². The second-order valence-electron chi connectivity index (χ2n) is 4.36. The maximum atomic E-state index is 4.98. The first-order chi connectivity index (χ1) is 7.86. The van der Waals surface area contributed by atoms with Crippen LogP contribution in [0, 0.1) is 5.92 Å². The van der Waals surface area contributed by atoms with E-state index in [9.17, 15) is 0 Å². The van der Waals surface area contributed by atoms with Crippen LogP contribution < -0.4 is 10.6 Å². The Morgan fingerprint density at radius 1 is 1.24 bits per heavy atom. The van der Waals surface area contributed by atoms with Crippen LogP contribution >= 0.6 is 24.0 Å². The summed E-state index contributed by atoms with van der Waals surface area (Å²) in [6, 6.07) is 0. The quantitative estimate of drug-likeness (QED) is 0.332. The molecule has 0 amide bonds. The van der Waals surface area contributed by atoms with E-state index in [1.165, 1.54) is 32.1 Å². The van der Waals surface area contributed by atoms with Crippen molar-refractivity contribution in [3.05, 3.63) is 0 Å². The Hall–Kier alpha value is -0.0400. The Bertz CT molecular complexity index is 206. The average Bonchev–Trinajstić information content (AvgIpc) is 2.80. The Labute approximate surface area is 122 Å². The summed E-state index contributed by atoms with van der Waals surface area (Å²) in [6.45, 7) is 2.54. The largest absolute Gasteiger partial charge is 0.383 e. The molecule has 2 N–H and O–H groups in total. The van der Waals surface area contributed by atoms with Crippen molar-refractivity contribution in [3.8, 4) is 0 Å². The second kappa shape index (κ2) is 11.1. The van der Waals surface area contributed by atoms with Gasteiger partial charge in [-0.25, -0.2) is 0 Å². The fourth-order valence-corrected chi connectivity index (χ4v) is 2.19. The van der Waals surface area contributed by atoms with Gasteiger partial charge >= 0.3 is 0 Å². The predicted molar refractivity (Wildman–Crippen MR) is 83.2 cm³/mol. The van der Waals surface area contributed by atoms with Crippen LogP contribution in [0.3, 0.4) is 0 Å². The molecule has 0 heterocycles. The topological polar surface area (TPSA) is 45.7 Å². The summed E-state index contributed by atoms with van der Waals surface area (Å²) in [6.07, 6.45) is 6.94. The molecule has 0 unspecified atom stereocenters. The molecular formula is C12H26IN3O. The number of ether oxygens (including phenoxy) is 1. The van der Waals surface area contributed by atoms with Gasteiger partial charge in [0.25, 0.3) is 0 Å². The molecule has 0 atom stereocenters. The van der Waals surface area contributed by atoms with Gasteiger partial charge in [0.2, 0.25) is 0 Å². The first kappa shape index (κ1) is 17.0. The lowest BCUT2D eigenvalue weighted by atomic mass is 10.0. The SMILES string of the molecule is CN=C(NCCOC)NCCC1CCCC1.I. The molecule has 1 aliphatic carbocycles. The molecule has 0 radical (unpaired) electrons. The molecule has 0 aliphatic heterocycles. The summed E-state index contributed by atoms with van der Waals surface area (Å²) in [4.78, 5) is 4.16. The number of guanidine groups is 1. The molecule has 4 nitrogen and oxygen atoms in total. The Morgan fingerprint density at radius 2 is 1.88 bits per heavy atom.